The summed E-state index contributed by atoms with van der Waals surface area (Å²) in [5.41, 5.74) is 0.673. The molecule has 134 valence electrons. The van der Waals surface area contributed by atoms with Crippen LogP contribution in [0.5, 0.6) is 0 Å². The molecule has 7 heteroatoms. The minimum atomic E-state index is -3.77. The van der Waals surface area contributed by atoms with Crippen LogP contribution >= 0.6 is 0 Å². The number of anilines is 2. The number of rotatable bonds is 4. The van der Waals surface area contributed by atoms with Gasteiger partial charge in [0.2, 0.25) is 0 Å². The van der Waals surface area contributed by atoms with Gasteiger partial charge >= 0.3 is 0 Å². The van der Waals surface area contributed by atoms with Crippen LogP contribution in [-0.2, 0) is 10.0 Å². The van der Waals surface area contributed by atoms with Crippen LogP contribution in [0.2, 0.25) is 0 Å². The Morgan fingerprint density at radius 3 is 2.52 bits per heavy atom. The van der Waals surface area contributed by atoms with Crippen molar-refractivity contribution in [2.24, 2.45) is 5.92 Å². The number of hydrogen-bond acceptors (Lipinski definition) is 4. The molecule has 0 unspecified atom stereocenters. The van der Waals surface area contributed by atoms with Crippen LogP contribution in [0.15, 0.2) is 41.4 Å². The fourth-order valence-electron chi connectivity index (χ4n) is 2.87. The van der Waals surface area contributed by atoms with E-state index >= 15 is 0 Å². The minimum Gasteiger partial charge on any atom is -0.357 e. The Labute approximate surface area is 147 Å². The lowest BCUT2D eigenvalue weighted by atomic mass is 9.99. The second-order valence-electron chi connectivity index (χ2n) is 6.59. The number of benzene rings is 1. The number of nitrogens with one attached hydrogen (secondary N) is 1. The van der Waals surface area contributed by atoms with Crippen molar-refractivity contribution < 1.29 is 12.8 Å². The van der Waals surface area contributed by atoms with E-state index < -0.39 is 15.8 Å². The maximum absolute atomic E-state index is 13.3. The molecule has 0 atom stereocenters. The molecule has 0 radical (unpaired) electrons. The second kappa shape index (κ2) is 7.00. The van der Waals surface area contributed by atoms with Crippen molar-refractivity contribution >= 4 is 21.5 Å². The molecule has 0 aliphatic carbocycles. The van der Waals surface area contributed by atoms with Gasteiger partial charge in [0, 0.05) is 13.1 Å². The predicted molar refractivity (Wildman–Crippen MR) is 96.8 cm³/mol. The van der Waals surface area contributed by atoms with E-state index in [4.69, 9.17) is 0 Å². The van der Waals surface area contributed by atoms with Crippen LogP contribution in [0, 0.1) is 18.7 Å². The molecule has 1 aromatic carbocycles. The second-order valence-corrected chi connectivity index (χ2v) is 8.27. The molecule has 1 N–H and O–H groups in total. The zero-order chi connectivity index (χ0) is 18.0. The molecule has 1 saturated heterocycles. The van der Waals surface area contributed by atoms with Crippen molar-refractivity contribution in [2.75, 3.05) is 22.7 Å². The first-order chi connectivity index (χ1) is 11.8. The Morgan fingerprint density at radius 1 is 1.20 bits per heavy atom. The van der Waals surface area contributed by atoms with Crippen LogP contribution in [-0.4, -0.2) is 26.5 Å². The molecule has 0 spiro atoms. The molecular weight excluding hydrogens is 341 g/mol. The average Bonchev–Trinajstić information content (AvgIpc) is 2.58. The van der Waals surface area contributed by atoms with Gasteiger partial charge in [-0.25, -0.2) is 17.8 Å². The van der Waals surface area contributed by atoms with Crippen LogP contribution in [0.25, 0.3) is 0 Å². The summed E-state index contributed by atoms with van der Waals surface area (Å²) in [6.45, 7) is 5.71. The number of hydrogen-bond donors (Lipinski definition) is 1. The number of nitrogens with zero attached hydrogens (tertiary/aromatic N) is 2. The molecule has 3 rings (SSSR count). The lowest BCUT2D eigenvalue weighted by molar-refractivity contribution is 0.436. The Kier molecular flexibility index (Phi) is 4.94. The third-order valence-corrected chi connectivity index (χ3v) is 5.93. The van der Waals surface area contributed by atoms with Crippen LogP contribution in [0.1, 0.15) is 25.3 Å². The van der Waals surface area contributed by atoms with Gasteiger partial charge in [-0.2, -0.15) is 0 Å². The topological polar surface area (TPSA) is 62.3 Å². The highest BCUT2D eigenvalue weighted by Crippen LogP contribution is 2.23. The third-order valence-electron chi connectivity index (χ3n) is 4.55. The standard InChI is InChI=1S/C18H22FN3O2S/c1-13-7-9-22(10-8-13)18-6-3-15(12-20-18)21-25(23,24)16-4-5-17(19)14(2)11-16/h3-6,11-13,21H,7-10H2,1-2H3. The summed E-state index contributed by atoms with van der Waals surface area (Å²) in [4.78, 5) is 6.61. The maximum atomic E-state index is 13.3. The van der Waals surface area contributed by atoms with Gasteiger partial charge < -0.3 is 4.90 Å². The van der Waals surface area contributed by atoms with E-state index in [2.05, 4.69) is 21.5 Å². The highest BCUT2D eigenvalue weighted by molar-refractivity contribution is 7.92. The highest BCUT2D eigenvalue weighted by Gasteiger charge is 2.18. The molecular formula is C18H22FN3O2S. The van der Waals surface area contributed by atoms with Crippen LogP contribution < -0.4 is 9.62 Å². The fourth-order valence-corrected chi connectivity index (χ4v) is 4.00. The lowest BCUT2D eigenvalue weighted by Gasteiger charge is -2.31. The van der Waals surface area contributed by atoms with Crippen molar-refractivity contribution in [3.63, 3.8) is 0 Å². The summed E-state index contributed by atoms with van der Waals surface area (Å²) in [6, 6.07) is 7.25. The molecule has 1 aromatic heterocycles. The molecule has 0 bridgehead atoms. The Bertz CT molecular complexity index is 845. The van der Waals surface area contributed by atoms with Gasteiger partial charge in [-0.15, -0.1) is 0 Å². The molecule has 1 aliphatic rings. The Hall–Kier alpha value is -2.15. The largest absolute Gasteiger partial charge is 0.357 e. The van der Waals surface area contributed by atoms with Gasteiger partial charge in [0.25, 0.3) is 10.0 Å². The van der Waals surface area contributed by atoms with Gasteiger partial charge in [-0.05, 0) is 61.6 Å². The van der Waals surface area contributed by atoms with Gasteiger partial charge in [0.15, 0.2) is 0 Å². The number of aryl methyl sites for hydroxylation is 1. The lowest BCUT2D eigenvalue weighted by Crippen LogP contribution is -2.33. The summed E-state index contributed by atoms with van der Waals surface area (Å²) >= 11 is 0. The van der Waals surface area contributed by atoms with Gasteiger partial charge in [-0.3, -0.25) is 4.72 Å². The quantitative estimate of drug-likeness (QED) is 0.902. The van der Waals surface area contributed by atoms with Crippen molar-refractivity contribution in [2.45, 2.75) is 31.6 Å². The van der Waals surface area contributed by atoms with E-state index in [1.165, 1.54) is 25.3 Å². The highest BCUT2D eigenvalue weighted by atomic mass is 32.2. The number of piperidine rings is 1. The maximum Gasteiger partial charge on any atom is 0.261 e. The molecule has 0 saturated carbocycles. The summed E-state index contributed by atoms with van der Waals surface area (Å²) in [7, 11) is -3.77. The third kappa shape index (κ3) is 4.10. The van der Waals surface area contributed by atoms with E-state index in [0.29, 0.717) is 5.69 Å². The summed E-state index contributed by atoms with van der Waals surface area (Å²) in [6.07, 6.45) is 3.79. The summed E-state index contributed by atoms with van der Waals surface area (Å²) in [5, 5.41) is 0. The number of halogens is 1. The van der Waals surface area contributed by atoms with E-state index in [-0.39, 0.29) is 10.5 Å². The Morgan fingerprint density at radius 2 is 1.92 bits per heavy atom. The van der Waals surface area contributed by atoms with Crippen molar-refractivity contribution in [1.82, 2.24) is 4.98 Å². The number of pyridine rings is 1. The molecule has 1 aliphatic heterocycles. The fraction of sp³-hybridized carbons (Fsp3) is 0.389. The first kappa shape index (κ1) is 17.7. The van der Waals surface area contributed by atoms with Gasteiger partial charge in [0.1, 0.15) is 11.6 Å². The molecule has 2 heterocycles. The number of aromatic nitrogens is 1. The first-order valence-corrected chi connectivity index (χ1v) is 9.83. The van der Waals surface area contributed by atoms with Gasteiger partial charge in [0.05, 0.1) is 16.8 Å². The van der Waals surface area contributed by atoms with E-state index in [0.717, 1.165) is 43.7 Å². The van der Waals surface area contributed by atoms with E-state index in [9.17, 15) is 12.8 Å². The zero-order valence-electron chi connectivity index (χ0n) is 14.4. The van der Waals surface area contributed by atoms with Crippen molar-refractivity contribution in [3.8, 4) is 0 Å². The molecule has 2 aromatic rings. The summed E-state index contributed by atoms with van der Waals surface area (Å²) in [5.74, 6) is 1.16. The zero-order valence-corrected chi connectivity index (χ0v) is 15.2. The summed E-state index contributed by atoms with van der Waals surface area (Å²) < 4.78 is 40.6. The number of sulfonamides is 1. The van der Waals surface area contributed by atoms with Crippen LogP contribution in [0.3, 0.4) is 0 Å². The Balaban J connectivity index is 1.73. The molecule has 25 heavy (non-hydrogen) atoms. The first-order valence-electron chi connectivity index (χ1n) is 8.35. The van der Waals surface area contributed by atoms with Gasteiger partial charge in [-0.1, -0.05) is 6.92 Å². The molecule has 5 nitrogen and oxygen atoms in total. The van der Waals surface area contributed by atoms with Crippen molar-refractivity contribution in [1.29, 1.82) is 0 Å². The minimum absolute atomic E-state index is 0.0282. The van der Waals surface area contributed by atoms with Crippen LogP contribution in [0.4, 0.5) is 15.9 Å². The SMILES string of the molecule is Cc1cc(S(=O)(=O)Nc2ccc(N3CCC(C)CC3)nc2)ccc1F. The molecule has 1 fully saturated rings. The normalized spacial score (nSPS) is 16.0. The molecule has 0 amide bonds. The predicted octanol–water partition coefficient (Wildman–Crippen LogP) is 3.57. The van der Waals surface area contributed by atoms with E-state index in [1.54, 1.807) is 6.07 Å². The van der Waals surface area contributed by atoms with E-state index in [1.807, 2.05) is 6.07 Å². The average molecular weight is 363 g/mol. The van der Waals surface area contributed by atoms with Crippen molar-refractivity contribution in [3.05, 3.63) is 47.9 Å². The smallest absolute Gasteiger partial charge is 0.261 e. The monoisotopic (exact) mass is 363 g/mol.